The standard InChI is InChI=1S/C19H24N2O/c1-16-9-7-8-12-18(16)14-21(3)19(22)15-20(2)13-17-10-5-4-6-11-17/h4-12H,13-15H2,1-3H3. The molecule has 0 aliphatic rings. The Hall–Kier alpha value is -2.13. The Kier molecular flexibility index (Phi) is 5.73. The minimum absolute atomic E-state index is 0.140. The number of benzene rings is 2. The molecular weight excluding hydrogens is 272 g/mol. The van der Waals surface area contributed by atoms with Crippen molar-refractivity contribution < 1.29 is 4.79 Å². The van der Waals surface area contributed by atoms with Gasteiger partial charge in [0.2, 0.25) is 5.91 Å². The van der Waals surface area contributed by atoms with Crippen molar-refractivity contribution in [2.24, 2.45) is 0 Å². The number of hydrogen-bond acceptors (Lipinski definition) is 2. The minimum atomic E-state index is 0.140. The molecule has 0 unspecified atom stereocenters. The number of aryl methyl sites for hydroxylation is 1. The summed E-state index contributed by atoms with van der Waals surface area (Å²) < 4.78 is 0. The molecular formula is C19H24N2O. The molecule has 0 saturated heterocycles. The first-order valence-corrected chi connectivity index (χ1v) is 7.57. The number of nitrogens with zero attached hydrogens (tertiary/aromatic N) is 2. The largest absolute Gasteiger partial charge is 0.340 e. The van der Waals surface area contributed by atoms with Gasteiger partial charge >= 0.3 is 0 Å². The maximum Gasteiger partial charge on any atom is 0.236 e. The topological polar surface area (TPSA) is 23.6 Å². The highest BCUT2D eigenvalue weighted by atomic mass is 16.2. The zero-order valence-electron chi connectivity index (χ0n) is 13.6. The summed E-state index contributed by atoms with van der Waals surface area (Å²) in [7, 11) is 3.84. The lowest BCUT2D eigenvalue weighted by atomic mass is 10.1. The van der Waals surface area contributed by atoms with E-state index in [0.29, 0.717) is 13.1 Å². The van der Waals surface area contributed by atoms with Crippen LogP contribution in [0.3, 0.4) is 0 Å². The number of amides is 1. The highest BCUT2D eigenvalue weighted by Crippen LogP contribution is 2.10. The zero-order valence-corrected chi connectivity index (χ0v) is 13.6. The van der Waals surface area contributed by atoms with Crippen molar-refractivity contribution >= 4 is 5.91 Å². The molecule has 1 amide bonds. The average Bonchev–Trinajstić information content (AvgIpc) is 2.50. The average molecular weight is 296 g/mol. The van der Waals surface area contributed by atoms with Crippen molar-refractivity contribution in [3.63, 3.8) is 0 Å². The number of likely N-dealkylation sites (N-methyl/N-ethyl adjacent to an activating group) is 2. The molecule has 0 aliphatic carbocycles. The van der Waals surface area contributed by atoms with Gasteiger partial charge in [-0.05, 0) is 30.7 Å². The second kappa shape index (κ2) is 7.76. The summed E-state index contributed by atoms with van der Waals surface area (Å²) in [5.74, 6) is 0.140. The van der Waals surface area contributed by atoms with Gasteiger partial charge in [0.1, 0.15) is 0 Å². The predicted octanol–water partition coefficient (Wildman–Crippen LogP) is 3.09. The molecule has 0 heterocycles. The highest BCUT2D eigenvalue weighted by Gasteiger charge is 2.13. The van der Waals surface area contributed by atoms with E-state index in [1.165, 1.54) is 16.7 Å². The molecule has 2 aromatic carbocycles. The van der Waals surface area contributed by atoms with E-state index in [2.05, 4.69) is 31.2 Å². The fourth-order valence-electron chi connectivity index (χ4n) is 2.43. The third-order valence-corrected chi connectivity index (χ3v) is 3.80. The molecule has 3 heteroatoms. The number of carbonyl (C=O) groups is 1. The lowest BCUT2D eigenvalue weighted by molar-refractivity contribution is -0.131. The van der Waals surface area contributed by atoms with Crippen LogP contribution in [0.5, 0.6) is 0 Å². The van der Waals surface area contributed by atoms with Gasteiger partial charge in [-0.1, -0.05) is 54.6 Å². The van der Waals surface area contributed by atoms with Gasteiger partial charge in [0.15, 0.2) is 0 Å². The van der Waals surface area contributed by atoms with E-state index in [1.807, 2.05) is 49.3 Å². The van der Waals surface area contributed by atoms with Gasteiger partial charge in [0.05, 0.1) is 6.54 Å². The van der Waals surface area contributed by atoms with Gasteiger partial charge in [-0.3, -0.25) is 9.69 Å². The van der Waals surface area contributed by atoms with E-state index in [9.17, 15) is 4.79 Å². The Labute approximate surface area is 133 Å². The molecule has 0 fully saturated rings. The van der Waals surface area contributed by atoms with E-state index >= 15 is 0 Å². The molecule has 116 valence electrons. The van der Waals surface area contributed by atoms with Crippen LogP contribution in [-0.4, -0.2) is 36.3 Å². The Balaban J connectivity index is 1.87. The van der Waals surface area contributed by atoms with Gasteiger partial charge in [-0.2, -0.15) is 0 Å². The molecule has 3 nitrogen and oxygen atoms in total. The van der Waals surface area contributed by atoms with Crippen LogP contribution < -0.4 is 0 Å². The Morgan fingerprint density at radius 1 is 0.909 bits per heavy atom. The van der Waals surface area contributed by atoms with Crippen LogP contribution in [0.1, 0.15) is 16.7 Å². The van der Waals surface area contributed by atoms with Crippen LogP contribution in [-0.2, 0) is 17.9 Å². The van der Waals surface area contributed by atoms with E-state index in [0.717, 1.165) is 6.54 Å². The second-order valence-corrected chi connectivity index (χ2v) is 5.83. The normalized spacial score (nSPS) is 10.7. The summed E-state index contributed by atoms with van der Waals surface area (Å²) in [6.45, 7) is 3.95. The Bertz CT molecular complexity index is 610. The van der Waals surface area contributed by atoms with Crippen LogP contribution in [0.2, 0.25) is 0 Å². The summed E-state index contributed by atoms with van der Waals surface area (Å²) in [6, 6.07) is 18.4. The second-order valence-electron chi connectivity index (χ2n) is 5.83. The molecule has 22 heavy (non-hydrogen) atoms. The van der Waals surface area contributed by atoms with Gasteiger partial charge in [-0.15, -0.1) is 0 Å². The fourth-order valence-corrected chi connectivity index (χ4v) is 2.43. The smallest absolute Gasteiger partial charge is 0.236 e. The Morgan fingerprint density at radius 2 is 1.55 bits per heavy atom. The van der Waals surface area contributed by atoms with Crippen LogP contribution in [0.25, 0.3) is 0 Å². The highest BCUT2D eigenvalue weighted by molar-refractivity contribution is 5.78. The van der Waals surface area contributed by atoms with Gasteiger partial charge in [-0.25, -0.2) is 0 Å². The van der Waals surface area contributed by atoms with Crippen LogP contribution in [0.15, 0.2) is 54.6 Å². The van der Waals surface area contributed by atoms with Crippen molar-refractivity contribution in [2.45, 2.75) is 20.0 Å². The molecule has 0 bridgehead atoms. The van der Waals surface area contributed by atoms with Gasteiger partial charge in [0.25, 0.3) is 0 Å². The van der Waals surface area contributed by atoms with Crippen molar-refractivity contribution in [1.82, 2.24) is 9.80 Å². The lowest BCUT2D eigenvalue weighted by Gasteiger charge is -2.22. The summed E-state index contributed by atoms with van der Waals surface area (Å²) in [5.41, 5.74) is 3.64. The third-order valence-electron chi connectivity index (χ3n) is 3.80. The number of rotatable bonds is 6. The van der Waals surface area contributed by atoms with Crippen molar-refractivity contribution in [3.8, 4) is 0 Å². The summed E-state index contributed by atoms with van der Waals surface area (Å²) in [4.78, 5) is 16.2. The zero-order chi connectivity index (χ0) is 15.9. The summed E-state index contributed by atoms with van der Waals surface area (Å²) in [6.07, 6.45) is 0. The van der Waals surface area contributed by atoms with Gasteiger partial charge < -0.3 is 4.90 Å². The monoisotopic (exact) mass is 296 g/mol. The van der Waals surface area contributed by atoms with E-state index in [-0.39, 0.29) is 5.91 Å². The minimum Gasteiger partial charge on any atom is -0.340 e. The van der Waals surface area contributed by atoms with Gasteiger partial charge in [0, 0.05) is 20.1 Å². The maximum absolute atomic E-state index is 12.3. The first-order chi connectivity index (χ1) is 10.6. The first-order valence-electron chi connectivity index (χ1n) is 7.57. The molecule has 2 rings (SSSR count). The first kappa shape index (κ1) is 16.2. The quantitative estimate of drug-likeness (QED) is 0.818. The molecule has 0 aromatic heterocycles. The van der Waals surface area contributed by atoms with Crippen molar-refractivity contribution in [3.05, 3.63) is 71.3 Å². The molecule has 0 aliphatic heterocycles. The number of carbonyl (C=O) groups excluding carboxylic acids is 1. The fraction of sp³-hybridized carbons (Fsp3) is 0.316. The Morgan fingerprint density at radius 3 is 2.23 bits per heavy atom. The van der Waals surface area contributed by atoms with Crippen LogP contribution in [0.4, 0.5) is 0 Å². The maximum atomic E-state index is 12.3. The van der Waals surface area contributed by atoms with E-state index in [4.69, 9.17) is 0 Å². The van der Waals surface area contributed by atoms with Crippen molar-refractivity contribution in [2.75, 3.05) is 20.6 Å². The molecule has 0 saturated carbocycles. The van der Waals surface area contributed by atoms with Crippen LogP contribution in [0, 0.1) is 6.92 Å². The molecule has 0 N–H and O–H groups in total. The lowest BCUT2D eigenvalue weighted by Crippen LogP contribution is -2.36. The number of hydrogen-bond donors (Lipinski definition) is 0. The van der Waals surface area contributed by atoms with Crippen LogP contribution >= 0.6 is 0 Å². The molecule has 0 atom stereocenters. The molecule has 0 radical (unpaired) electrons. The predicted molar refractivity (Wildman–Crippen MR) is 90.4 cm³/mol. The SMILES string of the molecule is Cc1ccccc1CN(C)C(=O)CN(C)Cc1ccccc1. The molecule has 0 spiro atoms. The van der Waals surface area contributed by atoms with E-state index < -0.39 is 0 Å². The summed E-state index contributed by atoms with van der Waals surface area (Å²) >= 11 is 0. The third kappa shape index (κ3) is 4.71. The molecule has 2 aromatic rings. The van der Waals surface area contributed by atoms with E-state index in [1.54, 1.807) is 4.90 Å². The summed E-state index contributed by atoms with van der Waals surface area (Å²) in [5, 5.41) is 0. The van der Waals surface area contributed by atoms with Crippen molar-refractivity contribution in [1.29, 1.82) is 0 Å².